The van der Waals surface area contributed by atoms with Crippen molar-refractivity contribution in [2.24, 2.45) is 0 Å². The molecule has 22 heavy (non-hydrogen) atoms. The van der Waals surface area contributed by atoms with Crippen LogP contribution in [-0.4, -0.2) is 65.0 Å². The summed E-state index contributed by atoms with van der Waals surface area (Å²) in [6.45, 7) is 0. The molecule has 0 radical (unpaired) electrons. The summed E-state index contributed by atoms with van der Waals surface area (Å²) in [4.78, 5) is 20.7. The van der Waals surface area contributed by atoms with Gasteiger partial charge in [-0.1, -0.05) is 11.8 Å². The highest BCUT2D eigenvalue weighted by molar-refractivity contribution is 8.08. The number of ether oxygens (including phenoxy) is 3. The van der Waals surface area contributed by atoms with Gasteiger partial charge in [-0.2, -0.15) is 33.5 Å². The lowest BCUT2D eigenvalue weighted by Crippen LogP contribution is -2.34. The second-order valence-corrected chi connectivity index (χ2v) is 7.89. The molecule has 0 aromatic carbocycles. The zero-order valence-corrected chi connectivity index (χ0v) is 15.1. The van der Waals surface area contributed by atoms with Gasteiger partial charge in [-0.3, -0.25) is 4.79 Å². The molecule has 122 valence electrons. The molecule has 2 atom stereocenters. The molecule has 0 saturated carbocycles. The average molecular weight is 362 g/mol. The number of hydrogen-bond acceptors (Lipinski definition) is 9. The molecule has 1 aliphatic heterocycles. The second kappa shape index (κ2) is 8.73. The molecule has 6 nitrogen and oxygen atoms in total. The van der Waals surface area contributed by atoms with Gasteiger partial charge in [0.05, 0.1) is 27.4 Å². The lowest BCUT2D eigenvalue weighted by atomic mass is 10.3. The van der Waals surface area contributed by atoms with Gasteiger partial charge in [-0.15, -0.1) is 0 Å². The number of esters is 1. The first-order chi connectivity index (χ1) is 10.7. The normalized spacial score (nSPS) is 19.3. The van der Waals surface area contributed by atoms with Crippen LogP contribution < -0.4 is 9.47 Å². The van der Waals surface area contributed by atoms with Crippen LogP contribution in [0, 0.1) is 0 Å². The molecular formula is C13H18N2O4S3. The van der Waals surface area contributed by atoms with E-state index in [1.165, 1.54) is 33.1 Å². The zero-order valence-electron chi connectivity index (χ0n) is 12.6. The summed E-state index contributed by atoms with van der Waals surface area (Å²) in [7, 11) is 4.47. The number of aromatic nitrogens is 2. The number of hydrogen-bond donors (Lipinski definition) is 0. The predicted octanol–water partition coefficient (Wildman–Crippen LogP) is 1.98. The number of nitrogens with zero attached hydrogens (tertiary/aromatic N) is 2. The van der Waals surface area contributed by atoms with E-state index in [2.05, 4.69) is 9.97 Å². The highest BCUT2D eigenvalue weighted by Crippen LogP contribution is 2.36. The van der Waals surface area contributed by atoms with Crippen molar-refractivity contribution in [3.05, 3.63) is 6.07 Å². The topological polar surface area (TPSA) is 70.5 Å². The van der Waals surface area contributed by atoms with E-state index in [1.54, 1.807) is 17.8 Å². The smallest absolute Gasteiger partial charge is 0.320 e. The number of carbonyl (C=O) groups is 1. The first-order valence-corrected chi connectivity index (χ1v) is 9.67. The fourth-order valence-electron chi connectivity index (χ4n) is 1.83. The van der Waals surface area contributed by atoms with Crippen LogP contribution in [0.5, 0.6) is 11.8 Å². The van der Waals surface area contributed by atoms with Gasteiger partial charge in [-0.05, 0) is 0 Å². The van der Waals surface area contributed by atoms with Gasteiger partial charge in [0.2, 0.25) is 11.8 Å². The van der Waals surface area contributed by atoms with E-state index in [-0.39, 0.29) is 16.5 Å². The summed E-state index contributed by atoms with van der Waals surface area (Å²) >= 11 is 4.94. The largest absolute Gasteiger partial charge is 0.481 e. The molecule has 2 rings (SSSR count). The maximum Gasteiger partial charge on any atom is 0.320 e. The van der Waals surface area contributed by atoms with Crippen LogP contribution in [0.1, 0.15) is 0 Å². The predicted molar refractivity (Wildman–Crippen MR) is 90.4 cm³/mol. The van der Waals surface area contributed by atoms with Crippen molar-refractivity contribution >= 4 is 41.3 Å². The zero-order chi connectivity index (χ0) is 15.9. The number of rotatable bonds is 6. The third kappa shape index (κ3) is 4.60. The van der Waals surface area contributed by atoms with Crippen LogP contribution in [0.15, 0.2) is 11.2 Å². The molecule has 1 aromatic rings. The van der Waals surface area contributed by atoms with Crippen molar-refractivity contribution in [2.75, 3.05) is 38.6 Å². The minimum atomic E-state index is -0.348. The van der Waals surface area contributed by atoms with E-state index in [4.69, 9.17) is 14.2 Å². The molecule has 1 aromatic heterocycles. The Kier molecular flexibility index (Phi) is 6.97. The fourth-order valence-corrected chi connectivity index (χ4v) is 6.02. The van der Waals surface area contributed by atoms with Crippen molar-refractivity contribution in [3.63, 3.8) is 0 Å². The molecule has 0 bridgehead atoms. The summed E-state index contributed by atoms with van der Waals surface area (Å²) < 4.78 is 15.2. The average Bonchev–Trinajstić information content (AvgIpc) is 2.59. The van der Waals surface area contributed by atoms with Gasteiger partial charge in [-0.25, -0.2) is 0 Å². The van der Waals surface area contributed by atoms with Crippen LogP contribution in [0.3, 0.4) is 0 Å². The molecule has 2 unspecified atom stereocenters. The van der Waals surface area contributed by atoms with Gasteiger partial charge < -0.3 is 14.2 Å². The SMILES string of the molecule is COC(=O)C(Sc1nc(OC)cc(OC)n1)C1CSCCS1. The lowest BCUT2D eigenvalue weighted by Gasteiger charge is -2.26. The minimum absolute atomic E-state index is 0.178. The van der Waals surface area contributed by atoms with Crippen LogP contribution in [-0.2, 0) is 9.53 Å². The quantitative estimate of drug-likeness (QED) is 0.429. The molecule has 0 spiro atoms. The Bertz CT molecular complexity index is 490. The molecule has 0 amide bonds. The van der Waals surface area contributed by atoms with Gasteiger partial charge in [0, 0.05) is 22.5 Å². The molecule has 0 N–H and O–H groups in total. The van der Waals surface area contributed by atoms with E-state index in [0.29, 0.717) is 16.9 Å². The summed E-state index contributed by atoms with van der Waals surface area (Å²) in [5, 5.41) is 0.277. The first-order valence-electron chi connectivity index (χ1n) is 6.58. The molecule has 1 aliphatic rings. The van der Waals surface area contributed by atoms with Gasteiger partial charge in [0.15, 0.2) is 5.16 Å². The Hall–Kier alpha value is -0.800. The van der Waals surface area contributed by atoms with Crippen LogP contribution >= 0.6 is 35.3 Å². The Morgan fingerprint density at radius 3 is 2.45 bits per heavy atom. The van der Waals surface area contributed by atoms with Crippen molar-refractivity contribution in [3.8, 4) is 11.8 Å². The van der Waals surface area contributed by atoms with E-state index in [0.717, 1.165) is 17.3 Å². The maximum atomic E-state index is 12.1. The van der Waals surface area contributed by atoms with Crippen molar-refractivity contribution in [1.82, 2.24) is 9.97 Å². The van der Waals surface area contributed by atoms with E-state index < -0.39 is 0 Å². The van der Waals surface area contributed by atoms with Crippen molar-refractivity contribution in [2.45, 2.75) is 15.7 Å². The van der Waals surface area contributed by atoms with Gasteiger partial charge in [0.25, 0.3) is 0 Å². The third-order valence-electron chi connectivity index (χ3n) is 2.92. The molecule has 2 heterocycles. The number of methoxy groups -OCH3 is 3. The Morgan fingerprint density at radius 2 is 1.95 bits per heavy atom. The molecule has 0 aliphatic carbocycles. The van der Waals surface area contributed by atoms with E-state index in [1.807, 2.05) is 11.8 Å². The van der Waals surface area contributed by atoms with Crippen molar-refractivity contribution < 1.29 is 19.0 Å². The van der Waals surface area contributed by atoms with Crippen LogP contribution in [0.2, 0.25) is 0 Å². The lowest BCUT2D eigenvalue weighted by molar-refractivity contribution is -0.139. The summed E-state index contributed by atoms with van der Waals surface area (Å²) in [5.74, 6) is 3.62. The standard InChI is InChI=1S/C13H18N2O4S3/c1-17-9-6-10(18-2)15-13(14-9)22-11(12(16)19-3)8-7-20-4-5-21-8/h6,8,11H,4-5,7H2,1-3H3. The van der Waals surface area contributed by atoms with Gasteiger partial charge >= 0.3 is 5.97 Å². The summed E-state index contributed by atoms with van der Waals surface area (Å²) in [5.41, 5.74) is 0. The summed E-state index contributed by atoms with van der Waals surface area (Å²) in [6, 6.07) is 1.60. The van der Waals surface area contributed by atoms with E-state index >= 15 is 0 Å². The second-order valence-electron chi connectivity index (χ2n) is 4.28. The number of carbonyl (C=O) groups excluding carboxylic acids is 1. The van der Waals surface area contributed by atoms with Crippen LogP contribution in [0.25, 0.3) is 0 Å². The molecule has 1 saturated heterocycles. The Labute approximate surface area is 142 Å². The van der Waals surface area contributed by atoms with Gasteiger partial charge in [0.1, 0.15) is 5.25 Å². The molecule has 1 fully saturated rings. The highest BCUT2D eigenvalue weighted by atomic mass is 32.2. The highest BCUT2D eigenvalue weighted by Gasteiger charge is 2.33. The minimum Gasteiger partial charge on any atom is -0.481 e. The Morgan fingerprint density at radius 1 is 1.27 bits per heavy atom. The third-order valence-corrected chi connectivity index (χ3v) is 7.13. The first kappa shape index (κ1) is 17.6. The fraction of sp³-hybridized carbons (Fsp3) is 0.615. The maximum absolute atomic E-state index is 12.1. The molecular weight excluding hydrogens is 344 g/mol. The Balaban J connectivity index is 2.20. The van der Waals surface area contributed by atoms with Crippen LogP contribution in [0.4, 0.5) is 0 Å². The van der Waals surface area contributed by atoms with E-state index in [9.17, 15) is 4.79 Å². The summed E-state index contributed by atoms with van der Waals surface area (Å²) in [6.07, 6.45) is 0. The molecule has 9 heteroatoms. The van der Waals surface area contributed by atoms with Crippen molar-refractivity contribution in [1.29, 1.82) is 0 Å². The number of thioether (sulfide) groups is 3. The monoisotopic (exact) mass is 362 g/mol.